The van der Waals surface area contributed by atoms with Crippen LogP contribution in [0.1, 0.15) is 24.1 Å². The Kier molecular flexibility index (Phi) is 4.97. The molecule has 0 aromatic heterocycles. The number of ether oxygens (including phenoxy) is 2. The van der Waals surface area contributed by atoms with Crippen LogP contribution in [0.3, 0.4) is 0 Å². The van der Waals surface area contributed by atoms with Gasteiger partial charge in [-0.25, -0.2) is 0 Å². The molecule has 2 aromatic rings. The first kappa shape index (κ1) is 15.5. The molecule has 1 unspecified atom stereocenters. The third-order valence-corrected chi connectivity index (χ3v) is 3.71. The fraction of sp³-hybridized carbons (Fsp3) is 0.294. The van der Waals surface area contributed by atoms with Crippen LogP contribution in [0.4, 0.5) is 5.69 Å². The van der Waals surface area contributed by atoms with Crippen molar-refractivity contribution in [1.82, 2.24) is 0 Å². The molecule has 3 nitrogen and oxygen atoms in total. The SMILES string of the molecule is COc1ccc(C(C)Nc2cc(Cl)ccc2C)c(OC)c1. The van der Waals surface area contributed by atoms with Gasteiger partial charge in [-0.3, -0.25) is 0 Å². The Morgan fingerprint density at radius 2 is 1.81 bits per heavy atom. The van der Waals surface area contributed by atoms with Crippen LogP contribution in [0.15, 0.2) is 36.4 Å². The minimum atomic E-state index is 0.0861. The fourth-order valence-corrected chi connectivity index (χ4v) is 2.41. The quantitative estimate of drug-likeness (QED) is 0.857. The predicted molar refractivity (Wildman–Crippen MR) is 87.8 cm³/mol. The zero-order chi connectivity index (χ0) is 15.4. The second-order valence-corrected chi connectivity index (χ2v) is 5.37. The monoisotopic (exact) mass is 305 g/mol. The fourth-order valence-electron chi connectivity index (χ4n) is 2.24. The first-order valence-electron chi connectivity index (χ1n) is 6.79. The average Bonchev–Trinajstić information content (AvgIpc) is 2.50. The molecule has 0 saturated heterocycles. The molecule has 0 heterocycles. The number of nitrogens with one attached hydrogen (secondary N) is 1. The number of benzene rings is 2. The normalized spacial score (nSPS) is 11.9. The highest BCUT2D eigenvalue weighted by molar-refractivity contribution is 6.30. The minimum absolute atomic E-state index is 0.0861. The van der Waals surface area contributed by atoms with Crippen molar-refractivity contribution in [2.75, 3.05) is 19.5 Å². The van der Waals surface area contributed by atoms with Crippen molar-refractivity contribution in [3.63, 3.8) is 0 Å². The van der Waals surface area contributed by atoms with Crippen molar-refractivity contribution in [3.8, 4) is 11.5 Å². The first-order valence-corrected chi connectivity index (χ1v) is 7.17. The summed E-state index contributed by atoms with van der Waals surface area (Å²) < 4.78 is 10.7. The Balaban J connectivity index is 2.27. The maximum atomic E-state index is 6.06. The minimum Gasteiger partial charge on any atom is -0.497 e. The smallest absolute Gasteiger partial charge is 0.127 e. The number of rotatable bonds is 5. The third-order valence-electron chi connectivity index (χ3n) is 3.48. The van der Waals surface area contributed by atoms with E-state index in [1.165, 1.54) is 0 Å². The molecule has 0 bridgehead atoms. The molecule has 0 spiro atoms. The molecule has 112 valence electrons. The van der Waals surface area contributed by atoms with E-state index in [1.54, 1.807) is 14.2 Å². The van der Waals surface area contributed by atoms with E-state index in [2.05, 4.69) is 19.2 Å². The summed E-state index contributed by atoms with van der Waals surface area (Å²) in [6.45, 7) is 4.14. The molecule has 2 aromatic carbocycles. The van der Waals surface area contributed by atoms with Gasteiger partial charge in [0.05, 0.1) is 20.3 Å². The van der Waals surface area contributed by atoms with Crippen LogP contribution in [0, 0.1) is 6.92 Å². The van der Waals surface area contributed by atoms with Crippen LogP contribution >= 0.6 is 11.6 Å². The summed E-state index contributed by atoms with van der Waals surface area (Å²) in [6, 6.07) is 11.7. The molecule has 0 aliphatic carbocycles. The Morgan fingerprint density at radius 1 is 1.05 bits per heavy atom. The summed E-state index contributed by atoms with van der Waals surface area (Å²) in [6.07, 6.45) is 0. The zero-order valence-electron chi connectivity index (χ0n) is 12.7. The van der Waals surface area contributed by atoms with E-state index in [-0.39, 0.29) is 6.04 Å². The Hall–Kier alpha value is -1.87. The molecule has 4 heteroatoms. The molecule has 0 aliphatic rings. The van der Waals surface area contributed by atoms with Gasteiger partial charge >= 0.3 is 0 Å². The second-order valence-electron chi connectivity index (χ2n) is 4.93. The predicted octanol–water partition coefficient (Wildman–Crippen LogP) is 4.84. The van der Waals surface area contributed by atoms with Gasteiger partial charge < -0.3 is 14.8 Å². The van der Waals surface area contributed by atoms with E-state index in [0.29, 0.717) is 0 Å². The molecule has 2 rings (SSSR count). The zero-order valence-corrected chi connectivity index (χ0v) is 13.5. The van der Waals surface area contributed by atoms with E-state index in [1.807, 2.05) is 36.4 Å². The van der Waals surface area contributed by atoms with Crippen LogP contribution in [-0.4, -0.2) is 14.2 Å². The molecule has 0 fully saturated rings. The first-order chi connectivity index (χ1) is 10.0. The highest BCUT2D eigenvalue weighted by Crippen LogP contribution is 2.32. The van der Waals surface area contributed by atoms with Gasteiger partial charge in [0.1, 0.15) is 11.5 Å². The van der Waals surface area contributed by atoms with Gasteiger partial charge in [-0.05, 0) is 43.7 Å². The van der Waals surface area contributed by atoms with Crippen LogP contribution in [0.5, 0.6) is 11.5 Å². The molecule has 1 N–H and O–H groups in total. The summed E-state index contributed by atoms with van der Waals surface area (Å²) in [5, 5.41) is 4.19. The maximum absolute atomic E-state index is 6.06. The highest BCUT2D eigenvalue weighted by atomic mass is 35.5. The molecular formula is C17H20ClNO2. The third kappa shape index (κ3) is 3.61. The highest BCUT2D eigenvalue weighted by Gasteiger charge is 2.13. The van der Waals surface area contributed by atoms with Crippen molar-refractivity contribution < 1.29 is 9.47 Å². The van der Waals surface area contributed by atoms with Gasteiger partial charge in [-0.2, -0.15) is 0 Å². The van der Waals surface area contributed by atoms with Crippen molar-refractivity contribution in [1.29, 1.82) is 0 Å². The average molecular weight is 306 g/mol. The topological polar surface area (TPSA) is 30.5 Å². The summed E-state index contributed by atoms with van der Waals surface area (Å²) in [5.41, 5.74) is 3.24. The van der Waals surface area contributed by atoms with Crippen molar-refractivity contribution >= 4 is 17.3 Å². The number of anilines is 1. The van der Waals surface area contributed by atoms with Gasteiger partial charge in [0, 0.05) is 22.3 Å². The van der Waals surface area contributed by atoms with Crippen LogP contribution < -0.4 is 14.8 Å². The molecule has 0 aliphatic heterocycles. The van der Waals surface area contributed by atoms with Crippen molar-refractivity contribution in [2.24, 2.45) is 0 Å². The molecule has 0 amide bonds. The lowest BCUT2D eigenvalue weighted by molar-refractivity contribution is 0.390. The summed E-state index contributed by atoms with van der Waals surface area (Å²) >= 11 is 6.06. The van der Waals surface area contributed by atoms with Gasteiger partial charge in [0.25, 0.3) is 0 Å². The van der Waals surface area contributed by atoms with Gasteiger partial charge in [0.15, 0.2) is 0 Å². The van der Waals surface area contributed by atoms with E-state index in [9.17, 15) is 0 Å². The summed E-state index contributed by atoms with van der Waals surface area (Å²) in [5.74, 6) is 1.58. The number of methoxy groups -OCH3 is 2. The largest absolute Gasteiger partial charge is 0.497 e. The van der Waals surface area contributed by atoms with Gasteiger partial charge in [-0.1, -0.05) is 17.7 Å². The molecule has 0 radical (unpaired) electrons. The lowest BCUT2D eigenvalue weighted by Crippen LogP contribution is -2.09. The number of halogens is 1. The number of aryl methyl sites for hydroxylation is 1. The Bertz CT molecular complexity index is 628. The van der Waals surface area contributed by atoms with E-state index >= 15 is 0 Å². The molecule has 1 atom stereocenters. The number of hydrogen-bond acceptors (Lipinski definition) is 3. The Morgan fingerprint density at radius 3 is 2.48 bits per heavy atom. The van der Waals surface area contributed by atoms with E-state index in [4.69, 9.17) is 21.1 Å². The van der Waals surface area contributed by atoms with Crippen molar-refractivity contribution in [2.45, 2.75) is 19.9 Å². The molecule has 0 saturated carbocycles. The number of hydrogen-bond donors (Lipinski definition) is 1. The lowest BCUT2D eigenvalue weighted by Gasteiger charge is -2.20. The second kappa shape index (κ2) is 6.72. The van der Waals surface area contributed by atoms with E-state index in [0.717, 1.165) is 33.3 Å². The molecule has 21 heavy (non-hydrogen) atoms. The van der Waals surface area contributed by atoms with Crippen LogP contribution in [0.2, 0.25) is 5.02 Å². The van der Waals surface area contributed by atoms with Gasteiger partial charge in [-0.15, -0.1) is 0 Å². The van der Waals surface area contributed by atoms with Crippen LogP contribution in [0.25, 0.3) is 0 Å². The summed E-state index contributed by atoms with van der Waals surface area (Å²) in [7, 11) is 3.31. The lowest BCUT2D eigenvalue weighted by atomic mass is 10.1. The standard InChI is InChI=1S/C17H20ClNO2/c1-11-5-6-13(18)9-16(11)19-12(2)15-8-7-14(20-3)10-17(15)21-4/h5-10,12,19H,1-4H3. The van der Waals surface area contributed by atoms with E-state index < -0.39 is 0 Å². The summed E-state index contributed by atoms with van der Waals surface area (Å²) in [4.78, 5) is 0. The molecular weight excluding hydrogens is 286 g/mol. The maximum Gasteiger partial charge on any atom is 0.127 e. The van der Waals surface area contributed by atoms with Gasteiger partial charge in [0.2, 0.25) is 0 Å². The van der Waals surface area contributed by atoms with Crippen molar-refractivity contribution in [3.05, 3.63) is 52.5 Å². The van der Waals surface area contributed by atoms with Crippen LogP contribution in [-0.2, 0) is 0 Å². The Labute approximate surface area is 130 Å².